The number of amides is 4. The standard InChI is InChI=1S/C24H22N4O6S/c1-33-16-10-8-15(9-11-16)19-21(30)28(24(32)26-19)18(12-14-6-4-3-5-7-14)20(29)27-23-25-17(13-35-23)22(31)34-2/h3-11,13,18-19H,12H2,1-2H3,(H,26,32)(H,25,27,29). The van der Waals surface area contributed by atoms with Crippen LogP contribution < -0.4 is 15.4 Å². The van der Waals surface area contributed by atoms with Crippen LogP contribution in [0.3, 0.4) is 0 Å². The van der Waals surface area contributed by atoms with Crippen LogP contribution in [0.1, 0.15) is 27.7 Å². The maximum atomic E-state index is 13.3. The molecule has 2 atom stereocenters. The van der Waals surface area contributed by atoms with Crippen molar-refractivity contribution in [3.8, 4) is 5.75 Å². The van der Waals surface area contributed by atoms with Crippen molar-refractivity contribution in [2.24, 2.45) is 0 Å². The van der Waals surface area contributed by atoms with Gasteiger partial charge < -0.3 is 20.1 Å². The van der Waals surface area contributed by atoms with Crippen molar-refractivity contribution in [1.29, 1.82) is 0 Å². The normalized spacial score (nSPS) is 15.9. The molecule has 11 heteroatoms. The van der Waals surface area contributed by atoms with E-state index < -0.39 is 35.9 Å². The molecule has 1 aliphatic rings. The van der Waals surface area contributed by atoms with Gasteiger partial charge in [-0.05, 0) is 23.3 Å². The third-order valence-electron chi connectivity index (χ3n) is 5.44. The van der Waals surface area contributed by atoms with Crippen LogP contribution in [-0.4, -0.2) is 54.0 Å². The molecule has 4 amide bonds. The van der Waals surface area contributed by atoms with Crippen molar-refractivity contribution >= 4 is 40.3 Å². The number of hydrogen-bond acceptors (Lipinski definition) is 8. The Morgan fingerprint density at radius 1 is 1.11 bits per heavy atom. The highest BCUT2D eigenvalue weighted by atomic mass is 32.1. The Labute approximate surface area is 204 Å². The number of nitrogens with one attached hydrogen (secondary N) is 2. The molecule has 2 unspecified atom stereocenters. The number of anilines is 1. The number of urea groups is 1. The lowest BCUT2D eigenvalue weighted by molar-refractivity contribution is -0.134. The largest absolute Gasteiger partial charge is 0.497 e. The average Bonchev–Trinajstić information content (AvgIpc) is 3.46. The Kier molecular flexibility index (Phi) is 7.06. The van der Waals surface area contributed by atoms with E-state index in [1.807, 2.05) is 6.07 Å². The van der Waals surface area contributed by atoms with E-state index in [4.69, 9.17) is 4.74 Å². The van der Waals surface area contributed by atoms with E-state index >= 15 is 0 Å². The fourth-order valence-corrected chi connectivity index (χ4v) is 4.35. The summed E-state index contributed by atoms with van der Waals surface area (Å²) in [7, 11) is 2.76. The molecular weight excluding hydrogens is 472 g/mol. The van der Waals surface area contributed by atoms with E-state index in [9.17, 15) is 19.2 Å². The first kappa shape index (κ1) is 23.9. The Bertz CT molecular complexity index is 1240. The second-order valence-corrected chi connectivity index (χ2v) is 8.45. The van der Waals surface area contributed by atoms with Crippen LogP contribution in [0.25, 0.3) is 0 Å². The van der Waals surface area contributed by atoms with E-state index in [2.05, 4.69) is 20.4 Å². The van der Waals surface area contributed by atoms with Gasteiger partial charge in [-0.2, -0.15) is 0 Å². The second kappa shape index (κ2) is 10.3. The topological polar surface area (TPSA) is 127 Å². The predicted octanol–water partition coefficient (Wildman–Crippen LogP) is 2.78. The molecule has 0 saturated carbocycles. The van der Waals surface area contributed by atoms with Crippen molar-refractivity contribution in [1.82, 2.24) is 15.2 Å². The highest BCUT2D eigenvalue weighted by Gasteiger charge is 2.45. The number of esters is 1. The molecule has 1 aliphatic heterocycles. The van der Waals surface area contributed by atoms with Gasteiger partial charge in [0.25, 0.3) is 5.91 Å². The zero-order valence-corrected chi connectivity index (χ0v) is 19.7. The third kappa shape index (κ3) is 5.14. The Morgan fingerprint density at radius 2 is 1.83 bits per heavy atom. The summed E-state index contributed by atoms with van der Waals surface area (Å²) in [5, 5.41) is 6.87. The molecule has 2 aromatic carbocycles. The Hall–Kier alpha value is -4.25. The molecule has 1 saturated heterocycles. The van der Waals surface area contributed by atoms with Crippen molar-refractivity contribution < 1.29 is 28.7 Å². The van der Waals surface area contributed by atoms with Crippen molar-refractivity contribution in [2.45, 2.75) is 18.5 Å². The third-order valence-corrected chi connectivity index (χ3v) is 6.19. The summed E-state index contributed by atoms with van der Waals surface area (Å²) in [6.45, 7) is 0. The average molecular weight is 495 g/mol. The molecule has 0 radical (unpaired) electrons. The van der Waals surface area contributed by atoms with Gasteiger partial charge in [0.2, 0.25) is 5.91 Å². The highest BCUT2D eigenvalue weighted by molar-refractivity contribution is 7.14. The maximum absolute atomic E-state index is 13.3. The van der Waals surface area contributed by atoms with Gasteiger partial charge in [-0.1, -0.05) is 42.5 Å². The summed E-state index contributed by atoms with van der Waals surface area (Å²) in [6, 6.07) is 13.0. The van der Waals surface area contributed by atoms with Crippen LogP contribution in [0.4, 0.5) is 9.93 Å². The number of carbonyl (C=O) groups excluding carboxylic acids is 4. The van der Waals surface area contributed by atoms with Crippen LogP contribution in [0, 0.1) is 0 Å². The SMILES string of the molecule is COC(=O)c1csc(NC(=O)C(Cc2ccccc2)N2C(=O)NC(c3ccc(OC)cc3)C2=O)n1. The van der Waals surface area contributed by atoms with Gasteiger partial charge in [0.15, 0.2) is 10.8 Å². The van der Waals surface area contributed by atoms with Crippen molar-refractivity contribution in [3.05, 3.63) is 76.8 Å². The predicted molar refractivity (Wildman–Crippen MR) is 127 cm³/mol. The van der Waals surface area contributed by atoms with Crippen molar-refractivity contribution in [3.63, 3.8) is 0 Å². The number of imide groups is 1. The summed E-state index contributed by atoms with van der Waals surface area (Å²) in [5.74, 6) is -1.19. The minimum absolute atomic E-state index is 0.0435. The van der Waals surface area contributed by atoms with E-state index in [1.54, 1.807) is 48.5 Å². The molecule has 4 rings (SSSR count). The number of carbonyl (C=O) groups is 4. The van der Waals surface area contributed by atoms with Gasteiger partial charge in [-0.15, -0.1) is 11.3 Å². The molecule has 2 heterocycles. The highest BCUT2D eigenvalue weighted by Crippen LogP contribution is 2.27. The Morgan fingerprint density at radius 3 is 2.49 bits per heavy atom. The molecule has 10 nitrogen and oxygen atoms in total. The van der Waals surface area contributed by atoms with Crippen LogP contribution in [0.15, 0.2) is 60.0 Å². The van der Waals surface area contributed by atoms with E-state index in [0.29, 0.717) is 11.3 Å². The smallest absolute Gasteiger partial charge is 0.357 e. The first-order valence-corrected chi connectivity index (χ1v) is 11.5. The number of aromatic nitrogens is 1. The van der Waals surface area contributed by atoms with Crippen LogP contribution in [0.5, 0.6) is 5.75 Å². The molecule has 1 aromatic heterocycles. The lowest BCUT2D eigenvalue weighted by atomic mass is 10.0. The molecule has 0 bridgehead atoms. The number of methoxy groups -OCH3 is 2. The number of benzene rings is 2. The van der Waals surface area contributed by atoms with Crippen molar-refractivity contribution in [2.75, 3.05) is 19.5 Å². The number of ether oxygens (including phenoxy) is 2. The molecule has 180 valence electrons. The zero-order chi connectivity index (χ0) is 24.9. The summed E-state index contributed by atoms with van der Waals surface area (Å²) in [5.41, 5.74) is 1.37. The lowest BCUT2D eigenvalue weighted by Gasteiger charge is -2.24. The zero-order valence-electron chi connectivity index (χ0n) is 18.9. The number of thiazole rings is 1. The quantitative estimate of drug-likeness (QED) is 0.364. The number of hydrogen-bond donors (Lipinski definition) is 2. The lowest BCUT2D eigenvalue weighted by Crippen LogP contribution is -2.49. The van der Waals surface area contributed by atoms with Gasteiger partial charge >= 0.3 is 12.0 Å². The summed E-state index contributed by atoms with van der Waals surface area (Å²) in [4.78, 5) is 56.3. The Balaban J connectivity index is 1.60. The minimum atomic E-state index is -1.15. The van der Waals surface area contributed by atoms with Gasteiger partial charge in [0.1, 0.15) is 17.8 Å². The van der Waals surface area contributed by atoms with Crippen LogP contribution >= 0.6 is 11.3 Å². The molecule has 2 N–H and O–H groups in total. The molecule has 1 fully saturated rings. The van der Waals surface area contributed by atoms with Crippen LogP contribution in [-0.2, 0) is 20.7 Å². The van der Waals surface area contributed by atoms with Crippen LogP contribution in [0.2, 0.25) is 0 Å². The molecule has 0 aliphatic carbocycles. The summed E-state index contributed by atoms with van der Waals surface area (Å²) < 4.78 is 9.79. The van der Waals surface area contributed by atoms with E-state index in [0.717, 1.165) is 21.8 Å². The van der Waals surface area contributed by atoms with E-state index in [1.165, 1.54) is 19.6 Å². The van der Waals surface area contributed by atoms with Gasteiger partial charge in [0.05, 0.1) is 14.2 Å². The number of rotatable bonds is 8. The van der Waals surface area contributed by atoms with Gasteiger partial charge in [0, 0.05) is 11.8 Å². The minimum Gasteiger partial charge on any atom is -0.497 e. The fourth-order valence-electron chi connectivity index (χ4n) is 3.67. The maximum Gasteiger partial charge on any atom is 0.357 e. The van der Waals surface area contributed by atoms with E-state index in [-0.39, 0.29) is 17.2 Å². The van der Waals surface area contributed by atoms with Gasteiger partial charge in [-0.3, -0.25) is 9.59 Å². The molecule has 35 heavy (non-hydrogen) atoms. The summed E-state index contributed by atoms with van der Waals surface area (Å²) >= 11 is 1.03. The first-order chi connectivity index (χ1) is 16.9. The summed E-state index contributed by atoms with van der Waals surface area (Å²) in [6.07, 6.45) is 0.0937. The molecular formula is C24H22N4O6S. The molecule has 0 spiro atoms. The fraction of sp³-hybridized carbons (Fsp3) is 0.208. The monoisotopic (exact) mass is 494 g/mol. The molecule has 3 aromatic rings. The van der Waals surface area contributed by atoms with Gasteiger partial charge in [-0.25, -0.2) is 19.5 Å². The second-order valence-electron chi connectivity index (χ2n) is 7.59. The first-order valence-electron chi connectivity index (χ1n) is 10.6. The number of nitrogens with zero attached hydrogens (tertiary/aromatic N) is 2.